The maximum absolute atomic E-state index is 19.0. The maximum Gasteiger partial charge on any atom is 0.346 e. The van der Waals surface area contributed by atoms with Gasteiger partial charge in [-0.25, -0.2) is 9.59 Å². The molecule has 0 aliphatic rings. The highest BCUT2D eigenvalue weighted by molar-refractivity contribution is 7.86. The van der Waals surface area contributed by atoms with Crippen LogP contribution in [-0.2, 0) is 71.5 Å². The maximum atomic E-state index is 19.0. The van der Waals surface area contributed by atoms with Crippen LogP contribution in [0.5, 0.6) is 11.5 Å². The Balaban J connectivity index is 2.16. The van der Waals surface area contributed by atoms with Gasteiger partial charge in [-0.05, 0) is 174 Å². The minimum Gasteiger partial charge on any atom is -0.477 e. The Morgan fingerprint density at radius 1 is 0.341 bits per heavy atom. The smallest absolute Gasteiger partial charge is 0.346 e. The van der Waals surface area contributed by atoms with Crippen LogP contribution in [0.4, 0.5) is 0 Å². The summed E-state index contributed by atoms with van der Waals surface area (Å²) in [6.07, 6.45) is -2.62. The molecule has 2 atom stereocenters. The molecule has 0 heterocycles. The van der Waals surface area contributed by atoms with Crippen molar-refractivity contribution in [3.05, 3.63) is 152 Å². The fraction of sp³-hybridized carbons (Fsp3) is 0.500. The lowest BCUT2D eigenvalue weighted by Crippen LogP contribution is -2.35. The summed E-state index contributed by atoms with van der Waals surface area (Å²) in [5.74, 6) is -1.59. The fourth-order valence-electron chi connectivity index (χ4n) is 10.6. The van der Waals surface area contributed by atoms with Crippen molar-refractivity contribution >= 4 is 81.3 Å². The molecule has 6 aromatic carbocycles. The van der Waals surface area contributed by atoms with Gasteiger partial charge in [-0.1, -0.05) is 214 Å². The van der Waals surface area contributed by atoms with Crippen molar-refractivity contribution in [1.29, 1.82) is 0 Å². The number of esters is 2. The van der Waals surface area contributed by atoms with Crippen molar-refractivity contribution in [1.82, 2.24) is 0 Å². The summed E-state index contributed by atoms with van der Waals surface area (Å²) in [6.45, 7) is 54.7. The Morgan fingerprint density at radius 3 is 0.682 bits per heavy atom. The molecule has 0 aromatic heterocycles. The summed E-state index contributed by atoms with van der Waals surface area (Å²) in [5.41, 5.74) is 4.35. The highest BCUT2D eigenvalue weighted by atomic mass is 35.5. The summed E-state index contributed by atoms with van der Waals surface area (Å²) in [4.78, 5) is 27.9. The standard InChI is InChI=1S/C76H102Cl2O8P2/c1-45(67(79)83-27)85-65-59(77)29-31-61(87(81,55-37-47(69(3,4)5)33-48(38-55)70(6,7)8)56-39-49(71(9,10)11)34-50(40-56)72(12,13)14)63(65)64-62(32-30-60(78)66(64)86-46(2)68(80)84-28)88(82,57-41-51(73(15,16)17)35-52(42-57)74(18,19)20)58-43-53(75(21,22)23)36-54(44-58)76(24,25)26/h29-46H,1-28H3/t45-,46?/m0/s1. The molecule has 0 saturated carbocycles. The first-order valence-corrected chi connectivity index (χ1v) is 35.0. The predicted molar refractivity (Wildman–Crippen MR) is 374 cm³/mol. The molecule has 0 saturated heterocycles. The predicted octanol–water partition coefficient (Wildman–Crippen LogP) is 18.2. The van der Waals surface area contributed by atoms with Gasteiger partial charge in [0.1, 0.15) is 11.5 Å². The molecule has 0 aliphatic heterocycles. The molecule has 6 rings (SSSR count). The van der Waals surface area contributed by atoms with Gasteiger partial charge in [0.2, 0.25) is 0 Å². The number of carbonyl (C=O) groups excluding carboxylic acids is 2. The molecule has 0 spiro atoms. The molecule has 6 aromatic rings. The quantitative estimate of drug-likeness (QED) is 0.0832. The monoisotopic (exact) mass is 1270 g/mol. The van der Waals surface area contributed by atoms with Gasteiger partial charge in [0.05, 0.1) is 24.3 Å². The zero-order valence-corrected chi connectivity index (χ0v) is 61.6. The summed E-state index contributed by atoms with van der Waals surface area (Å²) >= 11 is 15.4. The van der Waals surface area contributed by atoms with Crippen molar-refractivity contribution in [3.63, 3.8) is 0 Å². The van der Waals surface area contributed by atoms with Crippen LogP contribution in [0.1, 0.15) is 225 Å². The minimum atomic E-state index is -4.45. The Hall–Kier alpha value is -5.10. The molecule has 12 heteroatoms. The summed E-state index contributed by atoms with van der Waals surface area (Å²) in [6, 6.07) is 32.1. The molecular formula is C76H102Cl2O8P2. The molecule has 0 N–H and O–H groups in total. The van der Waals surface area contributed by atoms with E-state index in [1.54, 1.807) is 38.1 Å². The fourth-order valence-corrected chi connectivity index (χ4v) is 16.9. The van der Waals surface area contributed by atoms with E-state index in [0.29, 0.717) is 21.2 Å². The van der Waals surface area contributed by atoms with Gasteiger partial charge in [0.25, 0.3) is 0 Å². The van der Waals surface area contributed by atoms with Gasteiger partial charge in [-0.3, -0.25) is 0 Å². The number of rotatable bonds is 13. The molecule has 88 heavy (non-hydrogen) atoms. The zero-order valence-electron chi connectivity index (χ0n) is 58.3. The van der Waals surface area contributed by atoms with Crippen LogP contribution in [-0.4, -0.2) is 38.4 Å². The van der Waals surface area contributed by atoms with Crippen LogP contribution in [0.3, 0.4) is 0 Å². The molecule has 0 amide bonds. The van der Waals surface area contributed by atoms with E-state index in [4.69, 9.17) is 42.1 Å². The molecule has 0 aliphatic carbocycles. The van der Waals surface area contributed by atoms with E-state index in [-0.39, 0.29) is 43.3 Å². The first-order chi connectivity index (χ1) is 39.8. The number of hydrogen-bond acceptors (Lipinski definition) is 8. The zero-order chi connectivity index (χ0) is 67.0. The van der Waals surface area contributed by atoms with Gasteiger partial charge in [0.15, 0.2) is 26.5 Å². The van der Waals surface area contributed by atoms with Crippen LogP contribution >= 0.6 is 37.5 Å². The van der Waals surface area contributed by atoms with Gasteiger partial charge < -0.3 is 28.1 Å². The molecule has 478 valence electrons. The van der Waals surface area contributed by atoms with Crippen molar-refractivity contribution in [2.24, 2.45) is 0 Å². The Morgan fingerprint density at radius 2 is 0.523 bits per heavy atom. The number of halogens is 2. The number of ether oxygens (including phenoxy) is 4. The molecule has 0 radical (unpaired) electrons. The second-order valence-electron chi connectivity index (χ2n) is 32.4. The third kappa shape index (κ3) is 15.1. The van der Waals surface area contributed by atoms with Crippen LogP contribution < -0.4 is 41.3 Å². The van der Waals surface area contributed by atoms with Gasteiger partial charge in [-0.15, -0.1) is 0 Å². The minimum absolute atomic E-state index is 0.0286. The van der Waals surface area contributed by atoms with Gasteiger partial charge in [-0.2, -0.15) is 0 Å². The average molecular weight is 1280 g/mol. The summed E-state index contributed by atoms with van der Waals surface area (Å²) < 4.78 is 62.6. The lowest BCUT2D eigenvalue weighted by atomic mass is 9.81. The third-order valence-electron chi connectivity index (χ3n) is 16.8. The Kier molecular flexibility index (Phi) is 20.3. The van der Waals surface area contributed by atoms with Gasteiger partial charge >= 0.3 is 11.9 Å². The Bertz CT molecular complexity index is 3210. The highest BCUT2D eigenvalue weighted by Crippen LogP contribution is 2.57. The van der Waals surface area contributed by atoms with Crippen LogP contribution in [0, 0.1) is 0 Å². The van der Waals surface area contributed by atoms with E-state index in [9.17, 15) is 9.59 Å². The second kappa shape index (κ2) is 24.8. The van der Waals surface area contributed by atoms with E-state index in [0.717, 1.165) is 44.5 Å². The molecule has 0 bridgehead atoms. The van der Waals surface area contributed by atoms with Crippen molar-refractivity contribution in [2.45, 2.75) is 236 Å². The van der Waals surface area contributed by atoms with Crippen LogP contribution in [0.2, 0.25) is 10.0 Å². The normalized spacial score (nSPS) is 14.1. The van der Waals surface area contributed by atoms with Crippen molar-refractivity contribution < 1.29 is 37.7 Å². The van der Waals surface area contributed by atoms with E-state index in [2.05, 4.69) is 239 Å². The largest absolute Gasteiger partial charge is 0.477 e. The topological polar surface area (TPSA) is 105 Å². The van der Waals surface area contributed by atoms with Crippen LogP contribution in [0.15, 0.2) is 97.1 Å². The highest BCUT2D eigenvalue weighted by Gasteiger charge is 2.45. The number of methoxy groups -OCH3 is 2. The van der Waals surface area contributed by atoms with Crippen molar-refractivity contribution in [3.8, 4) is 22.6 Å². The molecule has 1 unspecified atom stereocenters. The van der Waals surface area contributed by atoms with E-state index < -0.39 is 81.8 Å². The Labute approximate surface area is 539 Å². The number of benzene rings is 6. The van der Waals surface area contributed by atoms with Crippen LogP contribution in [0.25, 0.3) is 11.1 Å². The third-order valence-corrected chi connectivity index (χ3v) is 23.5. The van der Waals surface area contributed by atoms with E-state index >= 15 is 9.13 Å². The second-order valence-corrected chi connectivity index (χ2v) is 38.7. The first-order valence-electron chi connectivity index (χ1n) is 30.8. The summed E-state index contributed by atoms with van der Waals surface area (Å²) in [5, 5.41) is 2.58. The first kappa shape index (κ1) is 72.0. The molecule has 8 nitrogen and oxygen atoms in total. The van der Waals surface area contributed by atoms with E-state index in [1.807, 2.05) is 0 Å². The lowest BCUT2D eigenvalue weighted by molar-refractivity contribution is -0.148. The number of hydrogen-bond donors (Lipinski definition) is 0. The lowest BCUT2D eigenvalue weighted by Gasteiger charge is -2.34. The average Bonchev–Trinajstić information content (AvgIpc) is 0.735. The molecule has 0 fully saturated rings. The molecular weight excluding hydrogens is 1170 g/mol. The number of carbonyl (C=O) groups is 2. The SMILES string of the molecule is COC(=O)C(C)Oc1c(Cl)ccc(P(=O)(c2cc(C(C)(C)C)cc(C(C)(C)C)c2)c2cc(C(C)(C)C)cc(C(C)(C)C)c2)c1-c1c(P(=O)(c2cc(C(C)(C)C)cc(C(C)(C)C)c2)c2cc(C(C)(C)C)cc(C(C)(C)C)c2)ccc(Cl)c1O[C@@H](C)C(=O)OC. The van der Waals surface area contributed by atoms with E-state index in [1.165, 1.54) is 14.2 Å². The summed E-state index contributed by atoms with van der Waals surface area (Å²) in [7, 11) is -6.35. The van der Waals surface area contributed by atoms with Crippen molar-refractivity contribution in [2.75, 3.05) is 14.2 Å². The van der Waals surface area contributed by atoms with Gasteiger partial charge in [0, 0.05) is 43.0 Å².